The fourth-order valence-electron chi connectivity index (χ4n) is 3.20. The Morgan fingerprint density at radius 2 is 1.96 bits per heavy atom. The molecule has 7 heteroatoms. The zero-order chi connectivity index (χ0) is 17.8. The van der Waals surface area contributed by atoms with Crippen LogP contribution < -0.4 is 5.76 Å². The predicted octanol–water partition coefficient (Wildman–Crippen LogP) is 0.900. The summed E-state index contributed by atoms with van der Waals surface area (Å²) < 4.78 is 6.71. The van der Waals surface area contributed by atoms with Crippen molar-refractivity contribution in [3.63, 3.8) is 0 Å². The van der Waals surface area contributed by atoms with Gasteiger partial charge in [0.05, 0.1) is 11.6 Å². The lowest BCUT2D eigenvalue weighted by atomic mass is 10.2. The van der Waals surface area contributed by atoms with Gasteiger partial charge in [-0.1, -0.05) is 19.1 Å². The Labute approximate surface area is 146 Å². The molecule has 1 N–H and O–H groups in total. The topological polar surface area (TPSA) is 78.9 Å². The van der Waals surface area contributed by atoms with E-state index in [2.05, 4.69) is 4.90 Å². The van der Waals surface area contributed by atoms with Crippen molar-refractivity contribution < 1.29 is 14.3 Å². The number of carbonyl (C=O) groups is 1. The maximum Gasteiger partial charge on any atom is 0.419 e. The van der Waals surface area contributed by atoms with Gasteiger partial charge in [0.15, 0.2) is 5.58 Å². The number of hydrogen-bond acceptors (Lipinski definition) is 5. The number of amides is 1. The van der Waals surface area contributed by atoms with Crippen LogP contribution in [0.1, 0.15) is 19.8 Å². The minimum absolute atomic E-state index is 0.0490. The number of fused-ring (bicyclic) bond motifs is 1. The van der Waals surface area contributed by atoms with E-state index >= 15 is 0 Å². The Kier molecular flexibility index (Phi) is 5.55. The first-order valence-corrected chi connectivity index (χ1v) is 8.85. The number of oxazole rings is 1. The third kappa shape index (κ3) is 4.11. The van der Waals surface area contributed by atoms with E-state index in [0.717, 1.165) is 25.0 Å². The Morgan fingerprint density at radius 3 is 2.68 bits per heavy atom. The third-order valence-corrected chi connectivity index (χ3v) is 4.79. The quantitative estimate of drug-likeness (QED) is 0.840. The minimum atomic E-state index is -0.424. The van der Waals surface area contributed by atoms with Crippen molar-refractivity contribution >= 4 is 17.0 Å². The van der Waals surface area contributed by atoms with Crippen molar-refractivity contribution in [2.24, 2.45) is 0 Å². The molecule has 0 spiro atoms. The molecule has 0 saturated carbocycles. The molecule has 3 rings (SSSR count). The number of carbonyl (C=O) groups excluding carboxylic acids is 1. The summed E-state index contributed by atoms with van der Waals surface area (Å²) in [4.78, 5) is 28.4. The summed E-state index contributed by atoms with van der Waals surface area (Å²) in [6.45, 7) is 5.83. The fraction of sp³-hybridized carbons (Fsp3) is 0.556. The van der Waals surface area contributed by atoms with Gasteiger partial charge >= 0.3 is 5.76 Å². The van der Waals surface area contributed by atoms with Crippen molar-refractivity contribution in [2.45, 2.75) is 32.4 Å². The number of aliphatic hydroxyl groups excluding tert-OH is 1. The van der Waals surface area contributed by atoms with Gasteiger partial charge in [0.25, 0.3) is 0 Å². The average Bonchev–Trinajstić information content (AvgIpc) is 2.95. The first-order valence-electron chi connectivity index (χ1n) is 8.85. The molecule has 1 aliphatic rings. The summed E-state index contributed by atoms with van der Waals surface area (Å²) >= 11 is 0. The average molecular weight is 347 g/mol. The Bertz CT molecular complexity index is 774. The van der Waals surface area contributed by atoms with E-state index in [9.17, 15) is 14.7 Å². The van der Waals surface area contributed by atoms with Gasteiger partial charge in [-0.3, -0.25) is 14.3 Å². The van der Waals surface area contributed by atoms with Gasteiger partial charge in [0.2, 0.25) is 5.91 Å². The number of β-amino-alcohol motifs (C(OH)–C–C–N with tert-alkyl or cyclic N) is 1. The fourth-order valence-corrected chi connectivity index (χ4v) is 3.20. The van der Waals surface area contributed by atoms with Crippen LogP contribution >= 0.6 is 0 Å². The lowest BCUT2D eigenvalue weighted by molar-refractivity contribution is -0.133. The molecule has 25 heavy (non-hydrogen) atoms. The van der Waals surface area contributed by atoms with Gasteiger partial charge in [-0.25, -0.2) is 4.79 Å². The van der Waals surface area contributed by atoms with E-state index in [-0.39, 0.29) is 18.4 Å². The molecule has 1 aromatic carbocycles. The molecule has 136 valence electrons. The molecule has 1 aliphatic heterocycles. The molecule has 2 aromatic rings. The molecule has 7 nitrogen and oxygen atoms in total. The molecule has 1 amide bonds. The lowest BCUT2D eigenvalue weighted by Gasteiger charge is -2.35. The van der Waals surface area contributed by atoms with Crippen LogP contribution in [-0.4, -0.2) is 64.2 Å². The number of benzene rings is 1. The maximum absolute atomic E-state index is 12.4. The zero-order valence-corrected chi connectivity index (χ0v) is 14.6. The van der Waals surface area contributed by atoms with E-state index in [0.29, 0.717) is 31.8 Å². The standard InChI is InChI=1S/C18H25N3O4/c1-2-14(22)13-19-9-11-20(12-10-19)17(23)7-8-21-15-5-3-4-6-16(15)25-18(21)24/h3-6,14,22H,2,7-13H2,1H3/t14-/m0/s1. The van der Waals surface area contributed by atoms with Crippen molar-refractivity contribution in [2.75, 3.05) is 32.7 Å². The third-order valence-electron chi connectivity index (χ3n) is 4.79. The van der Waals surface area contributed by atoms with Crippen LogP contribution in [-0.2, 0) is 11.3 Å². The Hall–Kier alpha value is -2.12. The minimum Gasteiger partial charge on any atom is -0.408 e. The summed E-state index contributed by atoms with van der Waals surface area (Å²) in [5.41, 5.74) is 1.27. The highest BCUT2D eigenvalue weighted by molar-refractivity contribution is 5.77. The summed E-state index contributed by atoms with van der Waals surface area (Å²) in [6.07, 6.45) is 0.719. The highest BCUT2D eigenvalue weighted by atomic mass is 16.4. The molecule has 0 radical (unpaired) electrons. The second-order valence-electron chi connectivity index (χ2n) is 6.48. The Morgan fingerprint density at radius 1 is 1.24 bits per heavy atom. The van der Waals surface area contributed by atoms with Crippen LogP contribution in [0.4, 0.5) is 0 Å². The molecule has 2 heterocycles. The van der Waals surface area contributed by atoms with Crippen molar-refractivity contribution in [3.8, 4) is 0 Å². The number of para-hydroxylation sites is 2. The van der Waals surface area contributed by atoms with Crippen LogP contribution in [0.5, 0.6) is 0 Å². The SMILES string of the molecule is CC[C@H](O)CN1CCN(C(=O)CCn2c(=O)oc3ccccc32)CC1. The van der Waals surface area contributed by atoms with E-state index in [1.807, 2.05) is 30.0 Å². The number of piperazine rings is 1. The van der Waals surface area contributed by atoms with Gasteiger partial charge in [0.1, 0.15) is 0 Å². The largest absolute Gasteiger partial charge is 0.419 e. The monoisotopic (exact) mass is 347 g/mol. The number of aryl methyl sites for hydroxylation is 1. The number of hydrogen-bond donors (Lipinski definition) is 1. The Balaban J connectivity index is 1.53. The van der Waals surface area contributed by atoms with Gasteiger partial charge < -0.3 is 14.4 Å². The summed E-state index contributed by atoms with van der Waals surface area (Å²) in [5.74, 6) is -0.375. The lowest BCUT2D eigenvalue weighted by Crippen LogP contribution is -2.50. The van der Waals surface area contributed by atoms with Gasteiger partial charge in [-0.15, -0.1) is 0 Å². The van der Waals surface area contributed by atoms with Gasteiger partial charge in [-0.05, 0) is 18.6 Å². The molecule has 1 aromatic heterocycles. The number of aromatic nitrogens is 1. The second-order valence-corrected chi connectivity index (χ2v) is 6.48. The highest BCUT2D eigenvalue weighted by Crippen LogP contribution is 2.13. The van der Waals surface area contributed by atoms with E-state index in [1.165, 1.54) is 4.57 Å². The molecular weight excluding hydrogens is 322 g/mol. The van der Waals surface area contributed by atoms with Gasteiger partial charge in [-0.2, -0.15) is 0 Å². The number of rotatable bonds is 6. The normalized spacial score (nSPS) is 17.1. The first kappa shape index (κ1) is 17.7. The van der Waals surface area contributed by atoms with Crippen LogP contribution in [0.15, 0.2) is 33.5 Å². The predicted molar refractivity (Wildman–Crippen MR) is 94.4 cm³/mol. The van der Waals surface area contributed by atoms with Crippen molar-refractivity contribution in [1.29, 1.82) is 0 Å². The van der Waals surface area contributed by atoms with E-state index in [1.54, 1.807) is 6.07 Å². The molecule has 1 atom stereocenters. The molecular formula is C18H25N3O4. The van der Waals surface area contributed by atoms with E-state index < -0.39 is 5.76 Å². The smallest absolute Gasteiger partial charge is 0.408 e. The number of nitrogens with zero attached hydrogens (tertiary/aromatic N) is 3. The summed E-state index contributed by atoms with van der Waals surface area (Å²) in [7, 11) is 0. The van der Waals surface area contributed by atoms with Gasteiger partial charge in [0, 0.05) is 45.7 Å². The van der Waals surface area contributed by atoms with Crippen LogP contribution in [0, 0.1) is 0 Å². The molecule has 1 saturated heterocycles. The van der Waals surface area contributed by atoms with Crippen LogP contribution in [0.25, 0.3) is 11.1 Å². The van der Waals surface area contributed by atoms with E-state index in [4.69, 9.17) is 4.42 Å². The summed E-state index contributed by atoms with van der Waals surface area (Å²) in [6, 6.07) is 7.23. The zero-order valence-electron chi connectivity index (χ0n) is 14.6. The first-order chi connectivity index (χ1) is 12.1. The van der Waals surface area contributed by atoms with Crippen molar-refractivity contribution in [3.05, 3.63) is 34.8 Å². The molecule has 0 unspecified atom stereocenters. The molecule has 0 aliphatic carbocycles. The van der Waals surface area contributed by atoms with Crippen LogP contribution in [0.3, 0.4) is 0 Å². The number of aliphatic hydroxyl groups is 1. The maximum atomic E-state index is 12.4. The van der Waals surface area contributed by atoms with Crippen LogP contribution in [0.2, 0.25) is 0 Å². The summed E-state index contributed by atoms with van der Waals surface area (Å²) in [5, 5.41) is 9.72. The molecule has 0 bridgehead atoms. The highest BCUT2D eigenvalue weighted by Gasteiger charge is 2.22. The van der Waals surface area contributed by atoms with Crippen molar-refractivity contribution in [1.82, 2.24) is 14.4 Å². The second kappa shape index (κ2) is 7.84. The molecule has 1 fully saturated rings.